The number of nitrogens with one attached hydrogen (secondary N) is 1. The number of benzene rings is 1. The molecule has 0 aliphatic carbocycles. The Labute approximate surface area is 89.9 Å². The number of likely N-dealkylation sites (N-methyl/N-ethyl adjacent to an activating group) is 1. The van der Waals surface area contributed by atoms with E-state index in [1.165, 1.54) is 18.2 Å². The fourth-order valence-corrected chi connectivity index (χ4v) is 1.28. The third-order valence-corrected chi connectivity index (χ3v) is 2.16. The van der Waals surface area contributed by atoms with Crippen molar-refractivity contribution in [2.24, 2.45) is 0 Å². The first-order valence-corrected chi connectivity index (χ1v) is 4.41. The number of hydrogen-bond acceptors (Lipinski definition) is 2. The van der Waals surface area contributed by atoms with Gasteiger partial charge in [0.1, 0.15) is 0 Å². The maximum absolute atomic E-state index is 12.7. The Morgan fingerprint density at radius 1 is 1.25 bits per heavy atom. The van der Waals surface area contributed by atoms with Crippen molar-refractivity contribution in [3.8, 4) is 0 Å². The number of amides is 1. The highest BCUT2D eigenvalue weighted by molar-refractivity contribution is 5.87. The van der Waals surface area contributed by atoms with Crippen molar-refractivity contribution < 1.29 is 23.1 Å². The van der Waals surface area contributed by atoms with E-state index < -0.39 is 23.2 Å². The molecule has 0 heterocycles. The van der Waals surface area contributed by atoms with Crippen molar-refractivity contribution >= 4 is 5.91 Å². The molecular weight excluding hydrogens is 223 g/mol. The van der Waals surface area contributed by atoms with Crippen LogP contribution in [0.2, 0.25) is 0 Å². The van der Waals surface area contributed by atoms with Crippen molar-refractivity contribution in [1.82, 2.24) is 5.32 Å². The second-order valence-corrected chi connectivity index (χ2v) is 3.15. The van der Waals surface area contributed by atoms with Gasteiger partial charge >= 0.3 is 6.18 Å². The summed E-state index contributed by atoms with van der Waals surface area (Å²) in [6.07, 6.45) is -5.07. The lowest BCUT2D eigenvalue weighted by Gasteiger charge is -2.28. The third-order valence-electron chi connectivity index (χ3n) is 2.16. The van der Waals surface area contributed by atoms with E-state index in [0.29, 0.717) is 0 Å². The molecule has 0 bridgehead atoms. The topological polar surface area (TPSA) is 49.3 Å². The van der Waals surface area contributed by atoms with Gasteiger partial charge in [0, 0.05) is 12.6 Å². The number of carbonyl (C=O) groups is 1. The summed E-state index contributed by atoms with van der Waals surface area (Å²) in [7, 11) is 1.03. The molecule has 0 spiro atoms. The zero-order chi connectivity index (χ0) is 12.4. The first-order chi connectivity index (χ1) is 7.34. The van der Waals surface area contributed by atoms with Crippen LogP contribution in [0.3, 0.4) is 0 Å². The van der Waals surface area contributed by atoms with Gasteiger partial charge < -0.3 is 10.4 Å². The molecule has 0 radical (unpaired) electrons. The SMILES string of the molecule is CNC(=O)[C@](O)(c1ccccc1)C(F)(F)F. The summed E-state index contributed by atoms with van der Waals surface area (Å²) >= 11 is 0. The highest BCUT2D eigenvalue weighted by Crippen LogP contribution is 2.38. The largest absolute Gasteiger partial charge is 0.430 e. The van der Waals surface area contributed by atoms with Gasteiger partial charge in [-0.25, -0.2) is 0 Å². The fraction of sp³-hybridized carbons (Fsp3) is 0.300. The number of aliphatic hydroxyl groups is 1. The van der Waals surface area contributed by atoms with E-state index in [4.69, 9.17) is 0 Å². The monoisotopic (exact) mass is 233 g/mol. The van der Waals surface area contributed by atoms with Crippen LogP contribution in [0.1, 0.15) is 5.56 Å². The van der Waals surface area contributed by atoms with E-state index in [9.17, 15) is 23.1 Å². The Kier molecular flexibility index (Phi) is 3.23. The summed E-state index contributed by atoms with van der Waals surface area (Å²) < 4.78 is 38.1. The van der Waals surface area contributed by atoms with Gasteiger partial charge in [0.25, 0.3) is 11.5 Å². The normalized spacial score (nSPS) is 15.3. The zero-order valence-corrected chi connectivity index (χ0v) is 8.38. The zero-order valence-electron chi connectivity index (χ0n) is 8.38. The summed E-state index contributed by atoms with van der Waals surface area (Å²) in [4.78, 5) is 11.2. The fourth-order valence-electron chi connectivity index (χ4n) is 1.28. The highest BCUT2D eigenvalue weighted by Gasteiger charge is 2.60. The second-order valence-electron chi connectivity index (χ2n) is 3.15. The van der Waals surface area contributed by atoms with Gasteiger partial charge in [-0.2, -0.15) is 13.2 Å². The summed E-state index contributed by atoms with van der Waals surface area (Å²) in [6, 6.07) is 6.21. The van der Waals surface area contributed by atoms with Crippen molar-refractivity contribution in [2.75, 3.05) is 7.05 Å². The van der Waals surface area contributed by atoms with Crippen molar-refractivity contribution in [3.05, 3.63) is 35.9 Å². The van der Waals surface area contributed by atoms with E-state index in [-0.39, 0.29) is 0 Å². The molecule has 0 saturated heterocycles. The lowest BCUT2D eigenvalue weighted by molar-refractivity contribution is -0.256. The van der Waals surface area contributed by atoms with Gasteiger partial charge in [0.15, 0.2) is 0 Å². The van der Waals surface area contributed by atoms with E-state index >= 15 is 0 Å². The molecule has 1 aromatic rings. The maximum atomic E-state index is 12.7. The van der Waals surface area contributed by atoms with Crippen LogP contribution in [-0.4, -0.2) is 24.2 Å². The van der Waals surface area contributed by atoms with Gasteiger partial charge in [-0.3, -0.25) is 4.79 Å². The molecule has 0 aliphatic heterocycles. The summed E-state index contributed by atoms with van der Waals surface area (Å²) in [5.74, 6) is -1.51. The minimum Gasteiger partial charge on any atom is -0.369 e. The molecule has 0 aromatic heterocycles. The molecule has 0 saturated carbocycles. The van der Waals surface area contributed by atoms with Crippen molar-refractivity contribution in [2.45, 2.75) is 11.8 Å². The van der Waals surface area contributed by atoms with E-state index in [2.05, 4.69) is 0 Å². The number of carbonyl (C=O) groups excluding carboxylic acids is 1. The van der Waals surface area contributed by atoms with Gasteiger partial charge in [0.05, 0.1) is 0 Å². The first-order valence-electron chi connectivity index (χ1n) is 4.41. The molecule has 1 aromatic carbocycles. The van der Waals surface area contributed by atoms with Gasteiger partial charge in [-0.1, -0.05) is 30.3 Å². The van der Waals surface area contributed by atoms with Crippen LogP contribution in [0.25, 0.3) is 0 Å². The molecule has 3 nitrogen and oxygen atoms in total. The quantitative estimate of drug-likeness (QED) is 0.805. The van der Waals surface area contributed by atoms with Gasteiger partial charge in [0.2, 0.25) is 0 Å². The average Bonchev–Trinajstić information content (AvgIpc) is 2.26. The highest BCUT2D eigenvalue weighted by atomic mass is 19.4. The molecule has 1 amide bonds. The Morgan fingerprint density at radius 3 is 2.12 bits per heavy atom. The molecule has 88 valence electrons. The number of alkyl halides is 3. The van der Waals surface area contributed by atoms with Crippen molar-refractivity contribution in [3.63, 3.8) is 0 Å². The molecule has 16 heavy (non-hydrogen) atoms. The number of halogens is 3. The molecule has 1 rings (SSSR count). The van der Waals surface area contributed by atoms with Gasteiger partial charge in [-0.05, 0) is 0 Å². The Morgan fingerprint density at radius 2 is 1.75 bits per heavy atom. The third kappa shape index (κ3) is 1.88. The van der Waals surface area contributed by atoms with Crippen LogP contribution in [0.4, 0.5) is 13.2 Å². The lowest BCUT2D eigenvalue weighted by Crippen LogP contribution is -2.53. The number of rotatable bonds is 2. The Hall–Kier alpha value is -1.56. The number of hydrogen-bond donors (Lipinski definition) is 2. The van der Waals surface area contributed by atoms with Crippen LogP contribution >= 0.6 is 0 Å². The minimum absolute atomic E-state index is 0.512. The summed E-state index contributed by atoms with van der Waals surface area (Å²) in [5, 5.41) is 11.4. The predicted molar refractivity (Wildman–Crippen MR) is 50.5 cm³/mol. The molecule has 0 fully saturated rings. The van der Waals surface area contributed by atoms with Crippen LogP contribution in [0.5, 0.6) is 0 Å². The molecule has 1 atom stereocenters. The van der Waals surface area contributed by atoms with E-state index in [1.807, 2.05) is 0 Å². The summed E-state index contributed by atoms with van der Waals surface area (Å²) in [6.45, 7) is 0. The van der Waals surface area contributed by atoms with Gasteiger partial charge in [-0.15, -0.1) is 0 Å². The smallest absolute Gasteiger partial charge is 0.369 e. The van der Waals surface area contributed by atoms with Crippen LogP contribution < -0.4 is 5.32 Å². The Bertz CT molecular complexity index is 377. The molecule has 2 N–H and O–H groups in total. The van der Waals surface area contributed by atoms with Crippen molar-refractivity contribution in [1.29, 1.82) is 0 Å². The Balaban J connectivity index is 3.32. The summed E-state index contributed by atoms with van der Waals surface area (Å²) in [5.41, 5.74) is -4.02. The standard InChI is InChI=1S/C10H10F3NO2/c1-14-8(15)9(16,10(11,12)13)7-5-3-2-4-6-7/h2-6,16H,1H3,(H,14,15)/t9-/m1/s1. The van der Waals surface area contributed by atoms with Crippen LogP contribution in [-0.2, 0) is 10.4 Å². The molecular formula is C10H10F3NO2. The van der Waals surface area contributed by atoms with E-state index in [1.54, 1.807) is 5.32 Å². The molecule has 0 unspecified atom stereocenters. The van der Waals surface area contributed by atoms with Crippen LogP contribution in [0.15, 0.2) is 30.3 Å². The lowest BCUT2D eigenvalue weighted by atomic mass is 9.92. The van der Waals surface area contributed by atoms with Crippen LogP contribution in [0, 0.1) is 0 Å². The average molecular weight is 233 g/mol. The first kappa shape index (κ1) is 12.5. The predicted octanol–water partition coefficient (Wildman–Crippen LogP) is 1.18. The second kappa shape index (κ2) is 4.13. The molecule has 6 heteroatoms. The minimum atomic E-state index is -5.07. The van der Waals surface area contributed by atoms with E-state index in [0.717, 1.165) is 19.2 Å². The maximum Gasteiger partial charge on any atom is 0.430 e. The molecule has 0 aliphatic rings.